The van der Waals surface area contributed by atoms with Crippen LogP contribution in [0.3, 0.4) is 0 Å². The molecule has 0 spiro atoms. The van der Waals surface area contributed by atoms with E-state index >= 15 is 0 Å². The van der Waals surface area contributed by atoms with Gasteiger partial charge >= 0.3 is 0 Å². The number of hydrogen-bond acceptors (Lipinski definition) is 5. The Hall–Kier alpha value is -1.73. The molecule has 2 saturated heterocycles. The third kappa shape index (κ3) is 2.90. The second-order valence-electron chi connectivity index (χ2n) is 8.26. The predicted molar refractivity (Wildman–Crippen MR) is 108 cm³/mol. The van der Waals surface area contributed by atoms with Gasteiger partial charge in [-0.1, -0.05) is 18.2 Å². The average Bonchev–Trinajstić information content (AvgIpc) is 3.03. The molecular weight excluding hydrogens is 376 g/mol. The van der Waals surface area contributed by atoms with Crippen LogP contribution < -0.4 is 11.1 Å². The van der Waals surface area contributed by atoms with Crippen LogP contribution >= 0.6 is 11.6 Å². The quantitative estimate of drug-likeness (QED) is 0.748. The van der Waals surface area contributed by atoms with E-state index < -0.39 is 4.87 Å². The first-order chi connectivity index (χ1) is 13.6. The second-order valence-corrected chi connectivity index (χ2v) is 8.91. The van der Waals surface area contributed by atoms with Crippen molar-refractivity contribution in [3.8, 4) is 0 Å². The Kier molecular flexibility index (Phi) is 4.55. The Balaban J connectivity index is 1.21. The van der Waals surface area contributed by atoms with Gasteiger partial charge in [-0.2, -0.15) is 0 Å². The molecule has 148 valence electrons. The zero-order chi connectivity index (χ0) is 19.3. The maximum absolute atomic E-state index is 12.7. The van der Waals surface area contributed by atoms with Crippen molar-refractivity contribution in [2.45, 2.75) is 17.5 Å². The Morgan fingerprint density at radius 2 is 2.25 bits per heavy atom. The van der Waals surface area contributed by atoms with Crippen LogP contribution in [0.25, 0.3) is 10.9 Å². The van der Waals surface area contributed by atoms with Gasteiger partial charge in [0.25, 0.3) is 5.91 Å². The fourth-order valence-electron chi connectivity index (χ4n) is 5.01. The number of fused-ring (bicyclic) bond motifs is 2. The molecule has 6 nitrogen and oxygen atoms in total. The van der Waals surface area contributed by atoms with Crippen molar-refractivity contribution in [1.29, 1.82) is 0 Å². The molecule has 2 aliphatic heterocycles. The van der Waals surface area contributed by atoms with E-state index in [0.717, 1.165) is 43.6 Å². The molecule has 5 unspecified atom stereocenters. The minimum Gasteiger partial charge on any atom is -0.381 e. The van der Waals surface area contributed by atoms with Crippen LogP contribution in [0.1, 0.15) is 16.8 Å². The summed E-state index contributed by atoms with van der Waals surface area (Å²) in [4.78, 5) is 19.0. The highest BCUT2D eigenvalue weighted by Gasteiger charge is 2.72. The third-order valence-electron chi connectivity index (χ3n) is 6.67. The van der Waals surface area contributed by atoms with Crippen molar-refractivity contribution in [2.75, 3.05) is 32.8 Å². The molecule has 0 radical (unpaired) electrons. The molecular formula is C21H25ClN4O2. The van der Waals surface area contributed by atoms with Crippen molar-refractivity contribution in [1.82, 2.24) is 15.2 Å². The topological polar surface area (TPSA) is 80.5 Å². The zero-order valence-electron chi connectivity index (χ0n) is 15.7. The second kappa shape index (κ2) is 6.95. The lowest BCUT2D eigenvalue weighted by Crippen LogP contribution is -2.49. The number of aromatic nitrogens is 1. The number of halogens is 1. The van der Waals surface area contributed by atoms with Gasteiger partial charge in [-0.3, -0.25) is 14.7 Å². The first kappa shape index (κ1) is 18.3. The fourth-order valence-corrected chi connectivity index (χ4v) is 5.53. The van der Waals surface area contributed by atoms with E-state index in [-0.39, 0.29) is 18.0 Å². The van der Waals surface area contributed by atoms with Crippen LogP contribution in [0.4, 0.5) is 0 Å². The lowest BCUT2D eigenvalue weighted by Gasteiger charge is -2.30. The van der Waals surface area contributed by atoms with Crippen molar-refractivity contribution in [2.24, 2.45) is 23.5 Å². The number of nitrogens with zero attached hydrogens (tertiary/aromatic N) is 2. The van der Waals surface area contributed by atoms with Gasteiger partial charge in [0.05, 0.1) is 28.7 Å². The molecule has 0 bridgehead atoms. The lowest BCUT2D eigenvalue weighted by atomic mass is 10.1. The first-order valence-electron chi connectivity index (χ1n) is 9.97. The number of rotatable bonds is 5. The number of ether oxygens (including phenoxy) is 1. The summed E-state index contributed by atoms with van der Waals surface area (Å²) in [6, 6.07) is 9.49. The molecule has 28 heavy (non-hydrogen) atoms. The number of hydrogen-bond donors (Lipinski definition) is 2. The molecule has 7 heteroatoms. The van der Waals surface area contributed by atoms with E-state index in [2.05, 4.69) is 15.2 Å². The summed E-state index contributed by atoms with van der Waals surface area (Å²) in [5.74, 6) is 0.994. The van der Waals surface area contributed by atoms with Crippen molar-refractivity contribution in [3.63, 3.8) is 0 Å². The van der Waals surface area contributed by atoms with Gasteiger partial charge in [-0.05, 0) is 24.5 Å². The Labute approximate surface area is 169 Å². The van der Waals surface area contributed by atoms with Crippen LogP contribution in [-0.2, 0) is 4.74 Å². The van der Waals surface area contributed by atoms with E-state index in [1.807, 2.05) is 30.3 Å². The van der Waals surface area contributed by atoms with Crippen LogP contribution in [-0.4, -0.2) is 59.7 Å². The number of carbonyl (C=O) groups is 1. The van der Waals surface area contributed by atoms with E-state index in [4.69, 9.17) is 22.1 Å². The molecule has 1 aromatic heterocycles. The minimum absolute atomic E-state index is 0.108. The van der Waals surface area contributed by atoms with Crippen LogP contribution in [0, 0.1) is 17.8 Å². The summed E-state index contributed by atoms with van der Waals surface area (Å²) in [6.45, 7) is 4.07. The maximum atomic E-state index is 12.7. The molecule has 2 aromatic rings. The number of pyridine rings is 1. The van der Waals surface area contributed by atoms with E-state index in [0.29, 0.717) is 23.9 Å². The lowest BCUT2D eigenvalue weighted by molar-refractivity contribution is 0.0948. The van der Waals surface area contributed by atoms with Crippen molar-refractivity contribution < 1.29 is 9.53 Å². The number of benzene rings is 1. The Bertz CT molecular complexity index is 898. The number of alkyl halides is 1. The maximum Gasteiger partial charge on any atom is 0.253 e. The summed E-state index contributed by atoms with van der Waals surface area (Å²) in [5.41, 5.74) is 7.81. The molecule has 3 aliphatic rings. The molecule has 1 amide bonds. The Morgan fingerprint density at radius 1 is 1.39 bits per heavy atom. The third-order valence-corrected chi connectivity index (χ3v) is 7.45. The Morgan fingerprint density at radius 3 is 3.00 bits per heavy atom. The van der Waals surface area contributed by atoms with Gasteiger partial charge in [0.2, 0.25) is 0 Å². The number of para-hydroxylation sites is 1. The van der Waals surface area contributed by atoms with Crippen LogP contribution in [0.2, 0.25) is 0 Å². The standard InChI is InChI=1S/C21H25ClN4O2/c22-21-16(17(21)11-26(20(21)23)10-13-6-8-28-12-13)9-25-19(27)15-5-1-3-14-4-2-7-24-18(14)15/h1-5,7,13,16-17,20H,6,8-12,23H2,(H,25,27). The summed E-state index contributed by atoms with van der Waals surface area (Å²) in [5, 5.41) is 4.02. The normalized spacial score (nSPS) is 34.5. The number of nitrogens with one attached hydrogen (secondary N) is 1. The average molecular weight is 401 g/mol. The molecule has 3 heterocycles. The summed E-state index contributed by atoms with van der Waals surface area (Å²) >= 11 is 6.90. The van der Waals surface area contributed by atoms with E-state index in [1.165, 1.54) is 0 Å². The molecule has 3 N–H and O–H groups in total. The summed E-state index contributed by atoms with van der Waals surface area (Å²) in [6.07, 6.45) is 2.64. The minimum atomic E-state index is -0.427. The zero-order valence-corrected chi connectivity index (χ0v) is 16.4. The number of piperidine rings is 1. The van der Waals surface area contributed by atoms with E-state index in [1.54, 1.807) is 6.20 Å². The number of carbonyl (C=O) groups excluding carboxylic acids is 1. The van der Waals surface area contributed by atoms with Gasteiger partial charge in [0.1, 0.15) is 0 Å². The highest BCUT2D eigenvalue weighted by Crippen LogP contribution is 2.62. The monoisotopic (exact) mass is 400 g/mol. The number of amides is 1. The molecule has 5 rings (SSSR count). The molecule has 1 saturated carbocycles. The largest absolute Gasteiger partial charge is 0.381 e. The van der Waals surface area contributed by atoms with Gasteiger partial charge in [0.15, 0.2) is 0 Å². The summed E-state index contributed by atoms with van der Waals surface area (Å²) in [7, 11) is 0. The smallest absolute Gasteiger partial charge is 0.253 e. The highest BCUT2D eigenvalue weighted by atomic mass is 35.5. The van der Waals surface area contributed by atoms with Gasteiger partial charge in [-0.15, -0.1) is 11.6 Å². The highest BCUT2D eigenvalue weighted by molar-refractivity contribution is 6.27. The molecule has 3 fully saturated rings. The first-order valence-corrected chi connectivity index (χ1v) is 10.3. The fraction of sp³-hybridized carbons (Fsp3) is 0.524. The van der Waals surface area contributed by atoms with Crippen LogP contribution in [0.5, 0.6) is 0 Å². The van der Waals surface area contributed by atoms with Crippen LogP contribution in [0.15, 0.2) is 36.5 Å². The van der Waals surface area contributed by atoms with E-state index in [9.17, 15) is 4.79 Å². The van der Waals surface area contributed by atoms with Crippen molar-refractivity contribution >= 4 is 28.4 Å². The molecule has 1 aliphatic carbocycles. The number of nitrogens with two attached hydrogens (primary N) is 1. The summed E-state index contributed by atoms with van der Waals surface area (Å²) < 4.78 is 5.47. The van der Waals surface area contributed by atoms with Gasteiger partial charge in [0, 0.05) is 49.7 Å². The molecule has 1 aromatic carbocycles. The SMILES string of the molecule is NC1N(CC2CCOC2)CC2C(CNC(=O)c3cccc4cccnc34)C21Cl. The number of likely N-dealkylation sites (tertiary alicyclic amines) is 1. The predicted octanol–water partition coefficient (Wildman–Crippen LogP) is 1.83. The van der Waals surface area contributed by atoms with Crippen molar-refractivity contribution in [3.05, 3.63) is 42.1 Å². The van der Waals surface area contributed by atoms with Gasteiger partial charge < -0.3 is 15.8 Å². The molecule has 5 atom stereocenters. The van der Waals surface area contributed by atoms with Gasteiger partial charge in [-0.25, -0.2) is 0 Å².